The van der Waals surface area contributed by atoms with Gasteiger partial charge in [0.15, 0.2) is 5.96 Å². The molecule has 3 rings (SSSR count). The van der Waals surface area contributed by atoms with Gasteiger partial charge < -0.3 is 15.1 Å². The summed E-state index contributed by atoms with van der Waals surface area (Å²) >= 11 is 0. The van der Waals surface area contributed by atoms with Crippen LogP contribution in [0.5, 0.6) is 0 Å². The highest BCUT2D eigenvalue weighted by atomic mass is 127. The number of aliphatic imine (C=N–C) groups is 1. The molecule has 0 radical (unpaired) electrons. The van der Waals surface area contributed by atoms with Gasteiger partial charge in [0.2, 0.25) is 0 Å². The fourth-order valence-electron chi connectivity index (χ4n) is 2.66. The summed E-state index contributed by atoms with van der Waals surface area (Å²) in [6.07, 6.45) is 3.88. The second-order valence-electron chi connectivity index (χ2n) is 5.78. The quantitative estimate of drug-likeness (QED) is 0.354. The van der Waals surface area contributed by atoms with Crippen LogP contribution in [0, 0.1) is 13.8 Å². The fourth-order valence-corrected chi connectivity index (χ4v) is 2.66. The molecular weight excluding hydrogens is 429 g/mol. The Hall–Kier alpha value is -2.03. The lowest BCUT2D eigenvalue weighted by molar-refractivity contribution is 0.532. The van der Waals surface area contributed by atoms with E-state index in [4.69, 9.17) is 4.42 Å². The van der Waals surface area contributed by atoms with Crippen molar-refractivity contribution < 1.29 is 4.42 Å². The summed E-state index contributed by atoms with van der Waals surface area (Å²) in [6, 6.07) is 8.08. The molecule has 0 amide bonds. The number of hydrogen-bond donors (Lipinski definition) is 2. The number of aromatic nitrogens is 2. The standard InChI is InChI=1S/C18H23N5O.HI/c1-13-10-22-23(12-13)9-8-20-18(19-3)21-11-17-14(2)15-6-4-5-7-16(15)24-17;/h4-7,10,12H,8-9,11H2,1-3H3,(H2,19,20,21);1H. The zero-order valence-corrected chi connectivity index (χ0v) is 17.1. The molecule has 25 heavy (non-hydrogen) atoms. The van der Waals surface area contributed by atoms with Crippen molar-refractivity contribution >= 4 is 40.9 Å². The van der Waals surface area contributed by atoms with Gasteiger partial charge in [0.25, 0.3) is 0 Å². The first-order valence-corrected chi connectivity index (χ1v) is 8.08. The molecular formula is C18H24IN5O. The van der Waals surface area contributed by atoms with Crippen molar-refractivity contribution in [3.05, 3.63) is 53.5 Å². The summed E-state index contributed by atoms with van der Waals surface area (Å²) in [6.45, 7) is 6.26. The van der Waals surface area contributed by atoms with E-state index in [1.54, 1.807) is 7.05 Å². The molecule has 0 aliphatic heterocycles. The summed E-state index contributed by atoms with van der Waals surface area (Å²) in [4.78, 5) is 4.25. The molecule has 6 nitrogen and oxygen atoms in total. The number of halogens is 1. The van der Waals surface area contributed by atoms with E-state index < -0.39 is 0 Å². The van der Waals surface area contributed by atoms with E-state index in [-0.39, 0.29) is 24.0 Å². The van der Waals surface area contributed by atoms with Crippen molar-refractivity contribution in [1.29, 1.82) is 0 Å². The van der Waals surface area contributed by atoms with Gasteiger partial charge in [-0.05, 0) is 25.5 Å². The van der Waals surface area contributed by atoms with E-state index >= 15 is 0 Å². The van der Waals surface area contributed by atoms with Crippen molar-refractivity contribution in [3.8, 4) is 0 Å². The molecule has 3 aromatic rings. The Kier molecular flexibility index (Phi) is 6.86. The van der Waals surface area contributed by atoms with Gasteiger partial charge in [0.1, 0.15) is 11.3 Å². The van der Waals surface area contributed by atoms with Crippen LogP contribution in [-0.4, -0.2) is 29.3 Å². The molecule has 0 saturated heterocycles. The highest BCUT2D eigenvalue weighted by Gasteiger charge is 2.10. The van der Waals surface area contributed by atoms with Crippen LogP contribution in [-0.2, 0) is 13.1 Å². The number of hydrogen-bond acceptors (Lipinski definition) is 3. The number of guanidine groups is 1. The summed E-state index contributed by atoms with van der Waals surface area (Å²) in [5, 5.41) is 12.0. The summed E-state index contributed by atoms with van der Waals surface area (Å²) in [7, 11) is 1.76. The summed E-state index contributed by atoms with van der Waals surface area (Å²) < 4.78 is 7.83. The predicted molar refractivity (Wildman–Crippen MR) is 112 cm³/mol. The van der Waals surface area contributed by atoms with Gasteiger partial charge in [0.05, 0.1) is 19.3 Å². The van der Waals surface area contributed by atoms with Gasteiger partial charge in [-0.25, -0.2) is 0 Å². The van der Waals surface area contributed by atoms with E-state index in [1.165, 1.54) is 5.56 Å². The number of fused-ring (bicyclic) bond motifs is 1. The number of rotatable bonds is 5. The van der Waals surface area contributed by atoms with Crippen LogP contribution in [0.15, 0.2) is 46.1 Å². The number of benzene rings is 1. The summed E-state index contributed by atoms with van der Waals surface area (Å²) in [5.74, 6) is 1.68. The molecule has 2 aromatic heterocycles. The number of nitrogens with zero attached hydrogens (tertiary/aromatic N) is 3. The van der Waals surface area contributed by atoms with Crippen molar-refractivity contribution in [2.45, 2.75) is 26.9 Å². The molecule has 0 saturated carbocycles. The Bertz CT molecular complexity index is 852. The monoisotopic (exact) mass is 453 g/mol. The van der Waals surface area contributed by atoms with E-state index in [2.05, 4.69) is 33.7 Å². The van der Waals surface area contributed by atoms with Crippen molar-refractivity contribution in [1.82, 2.24) is 20.4 Å². The maximum absolute atomic E-state index is 5.91. The molecule has 0 fully saturated rings. The normalized spacial score (nSPS) is 11.4. The lowest BCUT2D eigenvalue weighted by Gasteiger charge is -2.11. The highest BCUT2D eigenvalue weighted by Crippen LogP contribution is 2.24. The van der Waals surface area contributed by atoms with Gasteiger partial charge in [-0.1, -0.05) is 18.2 Å². The molecule has 7 heteroatoms. The van der Waals surface area contributed by atoms with Crippen LogP contribution in [0.25, 0.3) is 11.0 Å². The van der Waals surface area contributed by atoms with Gasteiger partial charge in [-0.3, -0.25) is 9.67 Å². The smallest absolute Gasteiger partial charge is 0.191 e. The molecule has 134 valence electrons. The number of para-hydroxylation sites is 1. The Labute approximate surface area is 164 Å². The molecule has 0 aliphatic carbocycles. The molecule has 0 spiro atoms. The average Bonchev–Trinajstić information content (AvgIpc) is 3.15. The van der Waals surface area contributed by atoms with Crippen LogP contribution in [0.4, 0.5) is 0 Å². The third-order valence-electron chi connectivity index (χ3n) is 3.98. The SMILES string of the molecule is CN=C(NCCn1cc(C)cn1)NCc1oc2ccccc2c1C.I. The Morgan fingerprint density at radius 3 is 2.72 bits per heavy atom. The van der Waals surface area contributed by atoms with Crippen molar-refractivity contribution in [3.63, 3.8) is 0 Å². The number of furan rings is 1. The van der Waals surface area contributed by atoms with Gasteiger partial charge in [0, 0.05) is 30.7 Å². The minimum absolute atomic E-state index is 0. The molecule has 0 aliphatic rings. The minimum Gasteiger partial charge on any atom is -0.459 e. The van der Waals surface area contributed by atoms with Crippen LogP contribution in [0.1, 0.15) is 16.9 Å². The number of aryl methyl sites for hydroxylation is 2. The Balaban J connectivity index is 0.00000225. The molecule has 2 heterocycles. The molecule has 0 unspecified atom stereocenters. The third kappa shape index (κ3) is 4.75. The van der Waals surface area contributed by atoms with E-state index in [9.17, 15) is 0 Å². The van der Waals surface area contributed by atoms with Gasteiger partial charge in [-0.2, -0.15) is 5.10 Å². The zero-order chi connectivity index (χ0) is 16.9. The maximum atomic E-state index is 5.91. The largest absolute Gasteiger partial charge is 0.459 e. The van der Waals surface area contributed by atoms with Gasteiger partial charge >= 0.3 is 0 Å². The topological polar surface area (TPSA) is 67.4 Å². The lowest BCUT2D eigenvalue weighted by atomic mass is 10.1. The van der Waals surface area contributed by atoms with Crippen LogP contribution in [0.3, 0.4) is 0 Å². The average molecular weight is 453 g/mol. The highest BCUT2D eigenvalue weighted by molar-refractivity contribution is 14.0. The van der Waals surface area contributed by atoms with E-state index in [0.717, 1.165) is 41.3 Å². The second kappa shape index (κ2) is 8.89. The van der Waals surface area contributed by atoms with Crippen LogP contribution >= 0.6 is 24.0 Å². The Morgan fingerprint density at radius 2 is 2.04 bits per heavy atom. The molecule has 0 bridgehead atoms. The third-order valence-corrected chi connectivity index (χ3v) is 3.98. The summed E-state index contributed by atoms with van der Waals surface area (Å²) in [5.41, 5.74) is 3.25. The lowest BCUT2D eigenvalue weighted by Crippen LogP contribution is -2.38. The minimum atomic E-state index is 0. The van der Waals surface area contributed by atoms with Crippen molar-refractivity contribution in [2.75, 3.05) is 13.6 Å². The predicted octanol–water partition coefficient (Wildman–Crippen LogP) is 3.23. The zero-order valence-electron chi connectivity index (χ0n) is 14.7. The van der Waals surface area contributed by atoms with E-state index in [1.807, 2.05) is 42.2 Å². The maximum Gasteiger partial charge on any atom is 0.191 e. The van der Waals surface area contributed by atoms with Crippen LogP contribution in [0.2, 0.25) is 0 Å². The molecule has 2 N–H and O–H groups in total. The van der Waals surface area contributed by atoms with E-state index in [0.29, 0.717) is 6.54 Å². The Morgan fingerprint density at radius 1 is 1.24 bits per heavy atom. The second-order valence-corrected chi connectivity index (χ2v) is 5.78. The molecule has 0 atom stereocenters. The molecule has 1 aromatic carbocycles. The first-order chi connectivity index (χ1) is 11.7. The van der Waals surface area contributed by atoms with Gasteiger partial charge in [-0.15, -0.1) is 24.0 Å². The fraction of sp³-hybridized carbons (Fsp3) is 0.333. The first-order valence-electron chi connectivity index (χ1n) is 8.08. The van der Waals surface area contributed by atoms with Crippen LogP contribution < -0.4 is 10.6 Å². The number of nitrogens with one attached hydrogen (secondary N) is 2. The van der Waals surface area contributed by atoms with Crippen molar-refractivity contribution in [2.24, 2.45) is 4.99 Å². The first kappa shape index (κ1) is 19.3.